The normalized spacial score (nSPS) is 20.6. The zero-order valence-corrected chi connectivity index (χ0v) is 15.7. The molecular weight excluding hydrogens is 344 g/mol. The number of benzene rings is 1. The second-order valence-electron chi connectivity index (χ2n) is 7.67. The topological polar surface area (TPSA) is 78.7 Å². The molecule has 1 aromatic carbocycles. The van der Waals surface area contributed by atoms with Crippen molar-refractivity contribution in [1.29, 1.82) is 0 Å². The van der Waals surface area contributed by atoms with Crippen molar-refractivity contribution in [3.05, 3.63) is 30.2 Å². The van der Waals surface area contributed by atoms with Crippen molar-refractivity contribution in [3.8, 4) is 0 Å². The minimum atomic E-state index is -0.177. The summed E-state index contributed by atoms with van der Waals surface area (Å²) in [7, 11) is 1.77. The number of nitrogens with one attached hydrogen (secondary N) is 1. The van der Waals surface area contributed by atoms with Crippen LogP contribution < -0.4 is 5.32 Å². The maximum Gasteiger partial charge on any atom is 0.317 e. The van der Waals surface area contributed by atoms with E-state index in [4.69, 9.17) is 4.42 Å². The average Bonchev–Trinajstić information content (AvgIpc) is 3.38. The highest BCUT2D eigenvalue weighted by molar-refractivity contribution is 5.79. The Hall–Kier alpha value is -2.57. The summed E-state index contributed by atoms with van der Waals surface area (Å²) in [5.41, 5.74) is 1.50. The van der Waals surface area contributed by atoms with Gasteiger partial charge in [-0.15, -0.1) is 0 Å². The van der Waals surface area contributed by atoms with Crippen LogP contribution in [-0.4, -0.2) is 52.9 Å². The molecule has 1 saturated carbocycles. The number of urea groups is 1. The first-order valence-corrected chi connectivity index (χ1v) is 9.73. The lowest BCUT2D eigenvalue weighted by Gasteiger charge is -2.25. The van der Waals surface area contributed by atoms with E-state index >= 15 is 0 Å². The van der Waals surface area contributed by atoms with Crippen LogP contribution in [0, 0.1) is 5.92 Å². The third-order valence-electron chi connectivity index (χ3n) is 5.61. The van der Waals surface area contributed by atoms with Gasteiger partial charge in [-0.05, 0) is 25.0 Å². The summed E-state index contributed by atoms with van der Waals surface area (Å²) in [5, 5.41) is 2.84. The van der Waals surface area contributed by atoms with Gasteiger partial charge in [0.25, 0.3) is 0 Å². The third kappa shape index (κ3) is 3.91. The largest absolute Gasteiger partial charge is 0.439 e. The van der Waals surface area contributed by atoms with E-state index in [1.54, 1.807) is 11.9 Å². The maximum atomic E-state index is 12.4. The number of carbonyl (C=O) groups excluding carboxylic acids is 2. The van der Waals surface area contributed by atoms with Crippen molar-refractivity contribution in [2.24, 2.45) is 5.92 Å². The van der Waals surface area contributed by atoms with Crippen LogP contribution in [0.2, 0.25) is 0 Å². The van der Waals surface area contributed by atoms with E-state index in [1.807, 2.05) is 29.2 Å². The second-order valence-corrected chi connectivity index (χ2v) is 7.67. The molecule has 1 atom stereocenters. The first kappa shape index (κ1) is 17.8. The molecule has 2 aromatic rings. The molecule has 1 aliphatic heterocycles. The third-order valence-corrected chi connectivity index (χ3v) is 5.61. The van der Waals surface area contributed by atoms with E-state index in [0.717, 1.165) is 24.9 Å². The van der Waals surface area contributed by atoms with Crippen LogP contribution in [0.3, 0.4) is 0 Å². The number of para-hydroxylation sites is 2. The molecule has 144 valence electrons. The molecule has 7 heteroatoms. The fourth-order valence-electron chi connectivity index (χ4n) is 4.25. The molecule has 3 amide bonds. The summed E-state index contributed by atoms with van der Waals surface area (Å²) in [6.45, 7) is 1.59. The van der Waals surface area contributed by atoms with E-state index in [0.29, 0.717) is 30.5 Å². The van der Waals surface area contributed by atoms with E-state index in [-0.39, 0.29) is 24.4 Å². The molecule has 7 nitrogen and oxygen atoms in total. The van der Waals surface area contributed by atoms with Gasteiger partial charge in [-0.25, -0.2) is 9.78 Å². The predicted molar refractivity (Wildman–Crippen MR) is 101 cm³/mol. The highest BCUT2D eigenvalue weighted by Crippen LogP contribution is 2.29. The second kappa shape index (κ2) is 7.58. The summed E-state index contributed by atoms with van der Waals surface area (Å²) in [5.74, 6) is 0.937. The van der Waals surface area contributed by atoms with Gasteiger partial charge in [0.2, 0.25) is 11.8 Å². The van der Waals surface area contributed by atoms with Crippen molar-refractivity contribution in [1.82, 2.24) is 20.1 Å². The first-order chi connectivity index (χ1) is 13.1. The van der Waals surface area contributed by atoms with Crippen LogP contribution in [0.4, 0.5) is 4.79 Å². The fourth-order valence-corrected chi connectivity index (χ4v) is 4.25. The van der Waals surface area contributed by atoms with Gasteiger partial charge in [0.1, 0.15) is 5.52 Å². The van der Waals surface area contributed by atoms with Gasteiger partial charge >= 0.3 is 6.03 Å². The number of amides is 3. The van der Waals surface area contributed by atoms with Crippen molar-refractivity contribution in [3.63, 3.8) is 0 Å². The van der Waals surface area contributed by atoms with E-state index in [1.165, 1.54) is 12.8 Å². The van der Waals surface area contributed by atoms with Gasteiger partial charge in [0.05, 0.1) is 6.54 Å². The zero-order valence-electron chi connectivity index (χ0n) is 15.7. The van der Waals surface area contributed by atoms with Gasteiger partial charge in [0.15, 0.2) is 5.58 Å². The predicted octanol–water partition coefficient (Wildman–Crippen LogP) is 2.76. The number of nitrogens with zero attached hydrogens (tertiary/aromatic N) is 3. The summed E-state index contributed by atoms with van der Waals surface area (Å²) in [6, 6.07) is 7.76. The summed E-state index contributed by atoms with van der Waals surface area (Å²) < 4.78 is 5.62. The van der Waals surface area contributed by atoms with Gasteiger partial charge in [0, 0.05) is 38.5 Å². The van der Waals surface area contributed by atoms with E-state index in [9.17, 15) is 9.59 Å². The molecule has 1 aliphatic carbocycles. The molecule has 0 spiro atoms. The standard InChI is InChI=1S/C20H26N4O3/c1-23(12-14-10-19(25)24(13-14)15-6-2-3-7-15)20(26)21-11-18-22-16-8-4-5-9-17(16)27-18/h4-5,8-9,14-15H,2-3,6-7,10-13H2,1H3,(H,21,26)/t14-/m0/s1. The van der Waals surface area contributed by atoms with Gasteiger partial charge in [-0.1, -0.05) is 25.0 Å². The number of carbonyl (C=O) groups is 2. The highest BCUT2D eigenvalue weighted by atomic mass is 16.3. The average molecular weight is 370 g/mol. The Bertz CT molecular complexity index is 794. The number of hydrogen-bond donors (Lipinski definition) is 1. The van der Waals surface area contributed by atoms with Crippen molar-refractivity contribution >= 4 is 23.0 Å². The van der Waals surface area contributed by atoms with Gasteiger partial charge in [-0.2, -0.15) is 0 Å². The number of likely N-dealkylation sites (tertiary alicyclic amines) is 1. The summed E-state index contributed by atoms with van der Waals surface area (Å²) in [6.07, 6.45) is 5.23. The molecular formula is C20H26N4O3. The number of aromatic nitrogens is 1. The minimum Gasteiger partial charge on any atom is -0.439 e. The minimum absolute atomic E-state index is 0.177. The zero-order chi connectivity index (χ0) is 18.8. The maximum absolute atomic E-state index is 12.4. The quantitative estimate of drug-likeness (QED) is 0.878. The van der Waals surface area contributed by atoms with E-state index < -0.39 is 0 Å². The smallest absolute Gasteiger partial charge is 0.317 e. The number of hydrogen-bond acceptors (Lipinski definition) is 4. The van der Waals surface area contributed by atoms with Crippen LogP contribution >= 0.6 is 0 Å². The molecule has 2 fully saturated rings. The monoisotopic (exact) mass is 370 g/mol. The van der Waals surface area contributed by atoms with Crippen LogP contribution in [0.1, 0.15) is 38.0 Å². The molecule has 1 aromatic heterocycles. The lowest BCUT2D eigenvalue weighted by molar-refractivity contribution is -0.129. The SMILES string of the molecule is CN(C[C@@H]1CC(=O)N(C2CCCC2)C1)C(=O)NCc1nc2ccccc2o1. The lowest BCUT2D eigenvalue weighted by Crippen LogP contribution is -2.40. The summed E-state index contributed by atoms with van der Waals surface area (Å²) in [4.78, 5) is 32.7. The molecule has 1 N–H and O–H groups in total. The molecule has 0 radical (unpaired) electrons. The molecule has 2 heterocycles. The molecule has 0 bridgehead atoms. The van der Waals surface area contributed by atoms with Crippen molar-refractivity contribution < 1.29 is 14.0 Å². The van der Waals surface area contributed by atoms with Crippen LogP contribution in [-0.2, 0) is 11.3 Å². The number of fused-ring (bicyclic) bond motifs is 1. The summed E-state index contributed by atoms with van der Waals surface area (Å²) >= 11 is 0. The molecule has 2 aliphatic rings. The number of rotatable bonds is 5. The molecule has 1 saturated heterocycles. The Morgan fingerprint density at radius 3 is 2.89 bits per heavy atom. The Balaban J connectivity index is 1.27. The Labute approximate surface area is 158 Å². The Morgan fingerprint density at radius 2 is 2.11 bits per heavy atom. The molecule has 27 heavy (non-hydrogen) atoms. The number of oxazole rings is 1. The van der Waals surface area contributed by atoms with Crippen LogP contribution in [0.5, 0.6) is 0 Å². The fraction of sp³-hybridized carbons (Fsp3) is 0.550. The van der Waals surface area contributed by atoms with E-state index in [2.05, 4.69) is 10.3 Å². The van der Waals surface area contributed by atoms with Crippen molar-refractivity contribution in [2.45, 2.75) is 44.7 Å². The van der Waals surface area contributed by atoms with Gasteiger partial charge < -0.3 is 19.5 Å². The van der Waals surface area contributed by atoms with Crippen LogP contribution in [0.25, 0.3) is 11.1 Å². The molecule has 0 unspecified atom stereocenters. The first-order valence-electron chi connectivity index (χ1n) is 9.73. The lowest BCUT2D eigenvalue weighted by atomic mass is 10.1. The Morgan fingerprint density at radius 1 is 1.33 bits per heavy atom. The highest BCUT2D eigenvalue weighted by Gasteiger charge is 2.36. The van der Waals surface area contributed by atoms with Gasteiger partial charge in [-0.3, -0.25) is 4.79 Å². The van der Waals surface area contributed by atoms with Crippen LogP contribution in [0.15, 0.2) is 28.7 Å². The Kier molecular flexibility index (Phi) is 5.01. The molecule has 4 rings (SSSR count). The van der Waals surface area contributed by atoms with Crippen molar-refractivity contribution in [2.75, 3.05) is 20.1 Å².